The Morgan fingerprint density at radius 2 is 1.50 bits per heavy atom. The second-order valence-electron chi connectivity index (χ2n) is 15.8. The van der Waals surface area contributed by atoms with E-state index in [0.29, 0.717) is 19.8 Å². The Labute approximate surface area is 311 Å². The van der Waals surface area contributed by atoms with Crippen LogP contribution in [0.5, 0.6) is 5.75 Å². The molecular weight excluding hydrogens is 641 g/mol. The maximum atomic E-state index is 9.47. The third-order valence-electron chi connectivity index (χ3n) is 10.9. The van der Waals surface area contributed by atoms with Gasteiger partial charge in [0.2, 0.25) is 0 Å². The van der Waals surface area contributed by atoms with Crippen molar-refractivity contribution in [2.45, 2.75) is 72.1 Å². The number of aliphatic hydroxyl groups is 1. The van der Waals surface area contributed by atoms with Crippen molar-refractivity contribution in [1.29, 1.82) is 0 Å². The van der Waals surface area contributed by atoms with Gasteiger partial charge in [0.15, 0.2) is 0 Å². The first-order valence-corrected chi connectivity index (χ1v) is 19.0. The largest absolute Gasteiger partial charge is 0.492 e. The maximum Gasteiger partial charge on any atom is 0.119 e. The minimum absolute atomic E-state index is 0.0112. The first kappa shape index (κ1) is 37.4. The lowest BCUT2D eigenvalue weighted by molar-refractivity contribution is 0.110. The highest BCUT2D eigenvalue weighted by Gasteiger charge is 2.50. The summed E-state index contributed by atoms with van der Waals surface area (Å²) in [5.41, 5.74) is 10.9. The van der Waals surface area contributed by atoms with E-state index in [4.69, 9.17) is 14.2 Å². The van der Waals surface area contributed by atoms with Crippen LogP contribution in [0, 0.1) is 11.3 Å². The molecule has 0 aliphatic heterocycles. The third kappa shape index (κ3) is 7.56. The Kier molecular flexibility index (Phi) is 11.3. The highest BCUT2D eigenvalue weighted by Crippen LogP contribution is 2.59. The minimum atomic E-state index is -0.497. The van der Waals surface area contributed by atoms with Crippen molar-refractivity contribution in [1.82, 2.24) is 0 Å². The van der Waals surface area contributed by atoms with E-state index >= 15 is 0 Å². The summed E-state index contributed by atoms with van der Waals surface area (Å²) in [5.74, 6) is 1.75. The van der Waals surface area contributed by atoms with Crippen molar-refractivity contribution in [3.05, 3.63) is 154 Å². The number of hydrogen-bond donors (Lipinski definition) is 1. The number of fused-ring (bicyclic) bond motifs is 3. The summed E-state index contributed by atoms with van der Waals surface area (Å²) in [7, 11) is 0. The fourth-order valence-corrected chi connectivity index (χ4v) is 7.73. The second-order valence-corrected chi connectivity index (χ2v) is 15.8. The molecule has 2 aliphatic carbocycles. The fraction of sp³-hybridized carbons (Fsp3) is 0.375. The molecule has 52 heavy (non-hydrogen) atoms. The second kappa shape index (κ2) is 15.7. The summed E-state index contributed by atoms with van der Waals surface area (Å²) in [6.07, 6.45) is 10.9. The Morgan fingerprint density at radius 1 is 0.788 bits per heavy atom. The Morgan fingerprint density at radius 3 is 2.13 bits per heavy atom. The van der Waals surface area contributed by atoms with Crippen molar-refractivity contribution >= 4 is 5.57 Å². The van der Waals surface area contributed by atoms with Gasteiger partial charge < -0.3 is 19.3 Å². The average molecular weight is 697 g/mol. The van der Waals surface area contributed by atoms with Crippen molar-refractivity contribution in [2.75, 3.05) is 33.0 Å². The molecule has 2 unspecified atom stereocenters. The van der Waals surface area contributed by atoms with Gasteiger partial charge >= 0.3 is 0 Å². The lowest BCUT2D eigenvalue weighted by Gasteiger charge is -2.40. The van der Waals surface area contributed by atoms with E-state index in [-0.39, 0.29) is 30.0 Å². The topological polar surface area (TPSA) is 47.9 Å². The van der Waals surface area contributed by atoms with Crippen molar-refractivity contribution in [3.63, 3.8) is 0 Å². The molecule has 4 nitrogen and oxygen atoms in total. The van der Waals surface area contributed by atoms with E-state index in [2.05, 4.69) is 157 Å². The molecule has 4 aromatic carbocycles. The molecule has 6 rings (SSSR count). The number of hydrogen-bond acceptors (Lipinski definition) is 4. The molecule has 0 heterocycles. The number of benzene rings is 4. The summed E-state index contributed by atoms with van der Waals surface area (Å²) in [4.78, 5) is 0. The van der Waals surface area contributed by atoms with Gasteiger partial charge in [-0.2, -0.15) is 0 Å². The van der Waals surface area contributed by atoms with Gasteiger partial charge in [0.05, 0.1) is 18.6 Å². The van der Waals surface area contributed by atoms with E-state index in [0.717, 1.165) is 24.4 Å². The number of allylic oxidation sites excluding steroid dienone is 4. The standard InChI is InChI=1S/C48H56O4/c1-8-47(6,7)33-43(34-13-11-10-12-14-34)35-15-25-41-42-26-20-38(46(3,4)5)32-45(42)48(44(41)31-35,36-16-21-39(22-17-36)51-28-27-49)37-18-23-40(24-19-37)52-30-29-50-9-2/h10-16,18-26,31-33,36,49H,8-9,17,27-30H2,1-7H3. The van der Waals surface area contributed by atoms with Gasteiger partial charge in [-0.05, 0) is 117 Å². The van der Waals surface area contributed by atoms with Crippen LogP contribution in [-0.4, -0.2) is 38.1 Å². The van der Waals surface area contributed by atoms with Crippen LogP contribution >= 0.6 is 0 Å². The minimum Gasteiger partial charge on any atom is -0.492 e. The molecular formula is C48H56O4. The predicted octanol–water partition coefficient (Wildman–Crippen LogP) is 11.1. The lowest BCUT2D eigenvalue weighted by atomic mass is 9.61. The first-order valence-electron chi connectivity index (χ1n) is 19.0. The molecule has 0 saturated heterocycles. The van der Waals surface area contributed by atoms with Crippen LogP contribution in [0.25, 0.3) is 16.7 Å². The van der Waals surface area contributed by atoms with Crippen molar-refractivity contribution < 1.29 is 19.3 Å². The summed E-state index contributed by atoms with van der Waals surface area (Å²) in [6.45, 7) is 17.8. The van der Waals surface area contributed by atoms with Crippen LogP contribution in [0.4, 0.5) is 0 Å². The van der Waals surface area contributed by atoms with E-state index in [1.54, 1.807) is 0 Å². The molecule has 1 N–H and O–H groups in total. The molecule has 0 amide bonds. The van der Waals surface area contributed by atoms with Crippen LogP contribution < -0.4 is 4.74 Å². The molecule has 0 fully saturated rings. The van der Waals surface area contributed by atoms with Gasteiger partial charge in [0, 0.05) is 6.61 Å². The average Bonchev–Trinajstić information content (AvgIpc) is 3.45. The summed E-state index contributed by atoms with van der Waals surface area (Å²) >= 11 is 0. The molecule has 4 aromatic rings. The van der Waals surface area contributed by atoms with Gasteiger partial charge in [-0.1, -0.05) is 126 Å². The zero-order valence-corrected chi connectivity index (χ0v) is 32.2. The van der Waals surface area contributed by atoms with Crippen LogP contribution in [0.2, 0.25) is 0 Å². The van der Waals surface area contributed by atoms with Crippen molar-refractivity contribution in [2.24, 2.45) is 11.3 Å². The van der Waals surface area contributed by atoms with Crippen LogP contribution in [0.3, 0.4) is 0 Å². The predicted molar refractivity (Wildman–Crippen MR) is 215 cm³/mol. The quantitative estimate of drug-likeness (QED) is 0.133. The van der Waals surface area contributed by atoms with Crippen LogP contribution in [-0.2, 0) is 20.3 Å². The number of rotatable bonds is 14. The van der Waals surface area contributed by atoms with E-state index < -0.39 is 5.41 Å². The number of ether oxygens (including phenoxy) is 3. The Hall–Kier alpha value is -4.38. The van der Waals surface area contributed by atoms with Crippen LogP contribution in [0.15, 0.2) is 121 Å². The molecule has 0 bridgehead atoms. The van der Waals surface area contributed by atoms with E-state index in [9.17, 15) is 5.11 Å². The van der Waals surface area contributed by atoms with Gasteiger partial charge in [0.25, 0.3) is 0 Å². The highest BCUT2D eigenvalue weighted by molar-refractivity contribution is 5.88. The number of aliphatic hydroxyl groups excluding tert-OH is 1. The molecule has 0 saturated carbocycles. The molecule has 4 heteroatoms. The van der Waals surface area contributed by atoms with Gasteiger partial charge in [-0.15, -0.1) is 0 Å². The van der Waals surface area contributed by atoms with Gasteiger partial charge in [-0.3, -0.25) is 0 Å². The first-order chi connectivity index (χ1) is 25.0. The molecule has 272 valence electrons. The van der Waals surface area contributed by atoms with Gasteiger partial charge in [0.1, 0.15) is 24.7 Å². The molecule has 2 atom stereocenters. The monoisotopic (exact) mass is 696 g/mol. The zero-order chi connectivity index (χ0) is 36.9. The molecule has 0 radical (unpaired) electrons. The van der Waals surface area contributed by atoms with Crippen molar-refractivity contribution in [3.8, 4) is 16.9 Å². The summed E-state index contributed by atoms with van der Waals surface area (Å²) < 4.78 is 17.6. The molecule has 2 aliphatic rings. The van der Waals surface area contributed by atoms with Gasteiger partial charge in [-0.25, -0.2) is 0 Å². The SMILES string of the molecule is CCOCCOc1ccc(C2(C3C=CC(OCCO)=CC3)c3cc(C(=CC(C)(C)CC)c4ccccc4)ccc3-c3ccc(C(C)(C)C)cc32)cc1. The molecule has 0 spiro atoms. The lowest BCUT2D eigenvalue weighted by Crippen LogP contribution is -2.36. The molecule has 0 aromatic heterocycles. The fourth-order valence-electron chi connectivity index (χ4n) is 7.73. The normalized spacial score (nSPS) is 18.5. The van der Waals surface area contributed by atoms with E-state index in [1.165, 1.54) is 50.1 Å². The zero-order valence-electron chi connectivity index (χ0n) is 32.2. The Balaban J connectivity index is 1.61. The summed E-state index contributed by atoms with van der Waals surface area (Å²) in [6, 6.07) is 33.9. The maximum absolute atomic E-state index is 9.47. The van der Waals surface area contributed by atoms with Crippen LogP contribution in [0.1, 0.15) is 94.7 Å². The summed E-state index contributed by atoms with van der Waals surface area (Å²) in [5, 5.41) is 9.47. The third-order valence-corrected chi connectivity index (χ3v) is 10.9. The Bertz CT molecular complexity index is 1920. The smallest absolute Gasteiger partial charge is 0.119 e. The van der Waals surface area contributed by atoms with E-state index in [1.807, 2.05) is 6.92 Å². The highest BCUT2D eigenvalue weighted by atomic mass is 16.5.